The van der Waals surface area contributed by atoms with E-state index in [1.165, 1.54) is 5.56 Å². The highest BCUT2D eigenvalue weighted by Gasteiger charge is 2.02. The first-order valence-electron chi connectivity index (χ1n) is 5.48. The molecule has 2 nitrogen and oxygen atoms in total. The topological polar surface area (TPSA) is 22.1 Å². The Morgan fingerprint density at radius 2 is 2.00 bits per heavy atom. The highest BCUT2D eigenvalue weighted by Crippen LogP contribution is 2.25. The molecule has 1 heterocycles. The number of pyridine rings is 1. The summed E-state index contributed by atoms with van der Waals surface area (Å²) in [6.07, 6.45) is 2.74. The first kappa shape index (κ1) is 10.7. The van der Waals surface area contributed by atoms with Crippen LogP contribution in [0.1, 0.15) is 18.2 Å². The molecule has 0 radical (unpaired) electrons. The van der Waals surface area contributed by atoms with E-state index in [0.29, 0.717) is 0 Å². The van der Waals surface area contributed by atoms with Gasteiger partial charge in [-0.2, -0.15) is 0 Å². The molecule has 82 valence electrons. The van der Waals surface area contributed by atoms with Gasteiger partial charge in [-0.25, -0.2) is 0 Å². The number of aromatic nitrogens is 1. The Morgan fingerprint density at radius 1 is 1.19 bits per heavy atom. The second kappa shape index (κ2) is 4.79. The van der Waals surface area contributed by atoms with Gasteiger partial charge in [-0.3, -0.25) is 4.98 Å². The number of rotatable bonds is 3. The van der Waals surface area contributed by atoms with Crippen molar-refractivity contribution in [2.45, 2.75) is 20.3 Å². The van der Waals surface area contributed by atoms with Gasteiger partial charge in [0.25, 0.3) is 0 Å². The average molecular weight is 213 g/mol. The summed E-state index contributed by atoms with van der Waals surface area (Å²) in [6, 6.07) is 11.9. The maximum Gasteiger partial charge on any atom is 0.130 e. The number of para-hydroxylation sites is 1. The van der Waals surface area contributed by atoms with E-state index >= 15 is 0 Å². The highest BCUT2D eigenvalue weighted by atomic mass is 16.5. The van der Waals surface area contributed by atoms with Crippen molar-refractivity contribution in [3.8, 4) is 11.5 Å². The summed E-state index contributed by atoms with van der Waals surface area (Å²) >= 11 is 0. The van der Waals surface area contributed by atoms with Crippen molar-refractivity contribution in [3.05, 3.63) is 53.9 Å². The van der Waals surface area contributed by atoms with Crippen LogP contribution in [0.25, 0.3) is 0 Å². The molecule has 1 aromatic heterocycles. The minimum atomic E-state index is 0.841. The maximum atomic E-state index is 5.84. The first-order chi connectivity index (χ1) is 7.79. The van der Waals surface area contributed by atoms with Crippen LogP contribution in [0.2, 0.25) is 0 Å². The average Bonchev–Trinajstić information content (AvgIpc) is 2.30. The van der Waals surface area contributed by atoms with Gasteiger partial charge in [-0.05, 0) is 31.0 Å². The van der Waals surface area contributed by atoms with Crippen LogP contribution in [0.15, 0.2) is 42.6 Å². The smallest absolute Gasteiger partial charge is 0.130 e. The van der Waals surface area contributed by atoms with Gasteiger partial charge in [0.15, 0.2) is 0 Å². The van der Waals surface area contributed by atoms with Gasteiger partial charge in [0, 0.05) is 18.0 Å². The fraction of sp³-hybridized carbons (Fsp3) is 0.214. The number of benzene rings is 1. The van der Waals surface area contributed by atoms with Gasteiger partial charge in [-0.15, -0.1) is 0 Å². The van der Waals surface area contributed by atoms with Crippen molar-refractivity contribution in [2.75, 3.05) is 0 Å². The molecule has 0 aliphatic rings. The number of aryl methyl sites for hydroxylation is 2. The Labute approximate surface area is 95.9 Å². The van der Waals surface area contributed by atoms with Crippen molar-refractivity contribution >= 4 is 0 Å². The summed E-state index contributed by atoms with van der Waals surface area (Å²) in [5, 5.41) is 0. The van der Waals surface area contributed by atoms with Crippen LogP contribution in [-0.4, -0.2) is 4.98 Å². The lowest BCUT2D eigenvalue weighted by atomic mass is 10.1. The van der Waals surface area contributed by atoms with Gasteiger partial charge in [0.05, 0.1) is 0 Å². The Kier molecular flexibility index (Phi) is 3.20. The third-order valence-corrected chi connectivity index (χ3v) is 2.45. The first-order valence-corrected chi connectivity index (χ1v) is 5.48. The highest BCUT2D eigenvalue weighted by molar-refractivity contribution is 5.37. The Balaban J connectivity index is 2.26. The van der Waals surface area contributed by atoms with E-state index in [0.717, 1.165) is 23.6 Å². The molecule has 2 heteroatoms. The summed E-state index contributed by atoms with van der Waals surface area (Å²) in [5.74, 6) is 1.77. The molecular weight excluding hydrogens is 198 g/mol. The van der Waals surface area contributed by atoms with E-state index < -0.39 is 0 Å². The zero-order valence-electron chi connectivity index (χ0n) is 9.60. The Morgan fingerprint density at radius 3 is 2.75 bits per heavy atom. The molecule has 0 unspecified atom stereocenters. The lowest BCUT2D eigenvalue weighted by molar-refractivity contribution is 0.475. The van der Waals surface area contributed by atoms with Crippen LogP contribution in [0.4, 0.5) is 0 Å². The maximum absolute atomic E-state index is 5.84. The van der Waals surface area contributed by atoms with Gasteiger partial charge >= 0.3 is 0 Å². The molecule has 1 aromatic carbocycles. The van der Waals surface area contributed by atoms with Gasteiger partial charge in [-0.1, -0.05) is 25.1 Å². The normalized spacial score (nSPS) is 10.1. The van der Waals surface area contributed by atoms with E-state index in [1.54, 1.807) is 6.20 Å². The fourth-order valence-electron chi connectivity index (χ4n) is 1.61. The van der Waals surface area contributed by atoms with Crippen molar-refractivity contribution in [1.82, 2.24) is 4.98 Å². The minimum Gasteiger partial charge on any atom is -0.457 e. The quantitative estimate of drug-likeness (QED) is 0.774. The molecular formula is C14H15NO. The SMILES string of the molecule is CCc1ccccc1Oc1ccnc(C)c1. The van der Waals surface area contributed by atoms with Crippen molar-refractivity contribution in [1.29, 1.82) is 0 Å². The minimum absolute atomic E-state index is 0.841. The van der Waals surface area contributed by atoms with Crippen molar-refractivity contribution < 1.29 is 4.74 Å². The number of hydrogen-bond donors (Lipinski definition) is 0. The fourth-order valence-corrected chi connectivity index (χ4v) is 1.61. The molecule has 0 N–H and O–H groups in total. The lowest BCUT2D eigenvalue weighted by Gasteiger charge is -2.09. The van der Waals surface area contributed by atoms with E-state index in [-0.39, 0.29) is 0 Å². The van der Waals surface area contributed by atoms with Crippen LogP contribution in [-0.2, 0) is 6.42 Å². The van der Waals surface area contributed by atoms with Gasteiger partial charge in [0.2, 0.25) is 0 Å². The van der Waals surface area contributed by atoms with E-state index in [9.17, 15) is 0 Å². The molecule has 0 saturated carbocycles. The predicted octanol–water partition coefficient (Wildman–Crippen LogP) is 3.74. The van der Waals surface area contributed by atoms with E-state index in [4.69, 9.17) is 4.74 Å². The van der Waals surface area contributed by atoms with Gasteiger partial charge < -0.3 is 4.74 Å². The third kappa shape index (κ3) is 2.40. The summed E-state index contributed by atoms with van der Waals surface area (Å²) in [4.78, 5) is 4.14. The Hall–Kier alpha value is -1.83. The van der Waals surface area contributed by atoms with E-state index in [2.05, 4.69) is 18.0 Å². The van der Waals surface area contributed by atoms with Crippen molar-refractivity contribution in [2.24, 2.45) is 0 Å². The number of ether oxygens (including phenoxy) is 1. The van der Waals surface area contributed by atoms with Crippen LogP contribution in [0, 0.1) is 6.92 Å². The summed E-state index contributed by atoms with van der Waals surface area (Å²) < 4.78 is 5.84. The molecule has 0 atom stereocenters. The zero-order valence-corrected chi connectivity index (χ0v) is 9.60. The number of hydrogen-bond acceptors (Lipinski definition) is 2. The number of nitrogens with zero attached hydrogens (tertiary/aromatic N) is 1. The van der Waals surface area contributed by atoms with Crippen molar-refractivity contribution in [3.63, 3.8) is 0 Å². The molecule has 0 spiro atoms. The zero-order chi connectivity index (χ0) is 11.4. The molecule has 2 aromatic rings. The second-order valence-electron chi connectivity index (χ2n) is 3.70. The second-order valence-corrected chi connectivity index (χ2v) is 3.70. The summed E-state index contributed by atoms with van der Waals surface area (Å²) in [6.45, 7) is 4.08. The largest absolute Gasteiger partial charge is 0.457 e. The molecule has 0 amide bonds. The molecule has 0 fully saturated rings. The standard InChI is InChI=1S/C14H15NO/c1-3-12-6-4-5-7-14(12)16-13-8-9-15-11(2)10-13/h4-10H,3H2,1-2H3. The predicted molar refractivity (Wildman–Crippen MR) is 64.9 cm³/mol. The van der Waals surface area contributed by atoms with Gasteiger partial charge in [0.1, 0.15) is 11.5 Å². The van der Waals surface area contributed by atoms with Crippen LogP contribution in [0.3, 0.4) is 0 Å². The molecule has 2 rings (SSSR count). The molecule has 0 aliphatic heterocycles. The third-order valence-electron chi connectivity index (χ3n) is 2.45. The molecule has 0 saturated heterocycles. The van der Waals surface area contributed by atoms with Crippen LogP contribution < -0.4 is 4.74 Å². The molecule has 16 heavy (non-hydrogen) atoms. The van der Waals surface area contributed by atoms with Crippen LogP contribution >= 0.6 is 0 Å². The lowest BCUT2D eigenvalue weighted by Crippen LogP contribution is -1.91. The monoisotopic (exact) mass is 213 g/mol. The molecule has 0 bridgehead atoms. The summed E-state index contributed by atoms with van der Waals surface area (Å²) in [7, 11) is 0. The van der Waals surface area contributed by atoms with E-state index in [1.807, 2.05) is 37.3 Å². The Bertz CT molecular complexity index is 480. The van der Waals surface area contributed by atoms with Crippen LogP contribution in [0.5, 0.6) is 11.5 Å². The summed E-state index contributed by atoms with van der Waals surface area (Å²) in [5.41, 5.74) is 2.18. The molecule has 0 aliphatic carbocycles.